The Morgan fingerprint density at radius 3 is 2.40 bits per heavy atom. The number of phenolic OH excluding ortho intramolecular Hbond substituents is 1. The van der Waals surface area contributed by atoms with Gasteiger partial charge in [-0.15, -0.1) is 0 Å². The van der Waals surface area contributed by atoms with Gasteiger partial charge in [-0.1, -0.05) is 19.4 Å². The van der Waals surface area contributed by atoms with Gasteiger partial charge in [0.05, 0.1) is 0 Å². The molecule has 1 aromatic carbocycles. The molecule has 1 N–H and O–H groups in total. The van der Waals surface area contributed by atoms with E-state index in [0.717, 1.165) is 6.54 Å². The summed E-state index contributed by atoms with van der Waals surface area (Å²) in [7, 11) is 0. The van der Waals surface area contributed by atoms with Crippen LogP contribution in [0.5, 0.6) is 5.75 Å². The highest BCUT2D eigenvalue weighted by Gasteiger charge is 2.28. The quantitative estimate of drug-likeness (QED) is 0.821. The molecule has 0 bridgehead atoms. The normalized spacial score (nSPS) is 11.6. The lowest BCUT2D eigenvalue weighted by Crippen LogP contribution is -2.44. The van der Waals surface area contributed by atoms with Crippen LogP contribution in [-0.2, 0) is 12.0 Å². The van der Waals surface area contributed by atoms with E-state index in [1.165, 1.54) is 24.1 Å². The maximum absolute atomic E-state index is 9.37. The highest BCUT2D eigenvalue weighted by molar-refractivity contribution is 5.25. The molecule has 1 aromatic heterocycles. The summed E-state index contributed by atoms with van der Waals surface area (Å²) >= 11 is 0. The first-order valence-electron chi connectivity index (χ1n) is 7.30. The number of phenols is 1. The molecule has 2 heteroatoms. The lowest BCUT2D eigenvalue weighted by Gasteiger charge is -2.21. The zero-order valence-corrected chi connectivity index (χ0v) is 12.6. The fourth-order valence-electron chi connectivity index (χ4n) is 2.78. The molecule has 0 aliphatic rings. The van der Waals surface area contributed by atoms with Gasteiger partial charge in [0.1, 0.15) is 5.75 Å². The molecule has 20 heavy (non-hydrogen) atoms. The number of nitrogens with zero attached hydrogens (tertiary/aromatic N) is 1. The van der Waals surface area contributed by atoms with Crippen molar-refractivity contribution in [2.75, 3.05) is 0 Å². The van der Waals surface area contributed by atoms with Crippen molar-refractivity contribution >= 4 is 0 Å². The zero-order chi connectivity index (χ0) is 14.6. The molecule has 0 saturated heterocycles. The van der Waals surface area contributed by atoms with Gasteiger partial charge in [0.15, 0.2) is 18.4 Å². The molecule has 0 radical (unpaired) electrons. The molecule has 2 aromatic rings. The first-order chi connectivity index (χ1) is 9.53. The third-order valence-corrected chi connectivity index (χ3v) is 3.80. The molecule has 0 fully saturated rings. The fraction of sp³-hybridized carbons (Fsp3) is 0.389. The highest BCUT2D eigenvalue weighted by Crippen LogP contribution is 2.25. The minimum atomic E-state index is 0.174. The van der Waals surface area contributed by atoms with E-state index in [2.05, 4.69) is 49.7 Å². The summed E-state index contributed by atoms with van der Waals surface area (Å²) in [4.78, 5) is 0. The van der Waals surface area contributed by atoms with Gasteiger partial charge >= 0.3 is 0 Å². The molecule has 0 aliphatic carbocycles. The molecule has 0 aliphatic heterocycles. The van der Waals surface area contributed by atoms with Crippen molar-refractivity contribution < 1.29 is 9.67 Å². The topological polar surface area (TPSA) is 24.1 Å². The molecule has 0 atom stereocenters. The predicted octanol–water partition coefficient (Wildman–Crippen LogP) is 3.81. The van der Waals surface area contributed by atoms with E-state index in [0.29, 0.717) is 5.75 Å². The smallest absolute Gasteiger partial charge is 0.187 e. The van der Waals surface area contributed by atoms with Crippen LogP contribution in [0.25, 0.3) is 0 Å². The van der Waals surface area contributed by atoms with Crippen LogP contribution in [0.1, 0.15) is 44.9 Å². The van der Waals surface area contributed by atoms with Gasteiger partial charge in [-0.25, -0.2) is 0 Å². The Hall–Kier alpha value is -1.83. The molecule has 106 valence electrons. The Morgan fingerprint density at radius 1 is 1.05 bits per heavy atom. The summed E-state index contributed by atoms with van der Waals surface area (Å²) in [6, 6.07) is 13.9. The molecule has 0 saturated carbocycles. The Labute approximate surface area is 121 Å². The van der Waals surface area contributed by atoms with Crippen molar-refractivity contribution in [3.05, 3.63) is 59.9 Å². The Kier molecular flexibility index (Phi) is 4.43. The summed E-state index contributed by atoms with van der Waals surface area (Å²) < 4.78 is 2.31. The maximum atomic E-state index is 9.37. The third kappa shape index (κ3) is 3.38. The summed E-state index contributed by atoms with van der Waals surface area (Å²) in [6.07, 6.45) is 4.49. The first kappa shape index (κ1) is 14.6. The van der Waals surface area contributed by atoms with E-state index in [4.69, 9.17) is 0 Å². The second kappa shape index (κ2) is 6.08. The molecular weight excluding hydrogens is 246 g/mol. The number of aromatic nitrogens is 1. The zero-order valence-electron chi connectivity index (χ0n) is 12.6. The molecular formula is C18H24NO+. The SMILES string of the molecule is CCCC(C)(C)c1cccc[n+]1Cc1ccc(O)cc1. The van der Waals surface area contributed by atoms with Gasteiger partial charge in [0.2, 0.25) is 0 Å². The number of benzene rings is 1. The molecule has 2 nitrogen and oxygen atoms in total. The molecule has 2 rings (SSSR count). The lowest BCUT2D eigenvalue weighted by molar-refractivity contribution is -0.699. The predicted molar refractivity (Wildman–Crippen MR) is 81.8 cm³/mol. The molecule has 1 heterocycles. The molecule has 0 spiro atoms. The van der Waals surface area contributed by atoms with Gasteiger partial charge in [-0.3, -0.25) is 0 Å². The van der Waals surface area contributed by atoms with Crippen molar-refractivity contribution in [1.29, 1.82) is 0 Å². The third-order valence-electron chi connectivity index (χ3n) is 3.80. The average Bonchev–Trinajstić information content (AvgIpc) is 2.42. The second-order valence-corrected chi connectivity index (χ2v) is 6.01. The standard InChI is InChI=1S/C18H23NO/c1-4-12-18(2,3)17-7-5-6-13-19(17)14-15-8-10-16(20)11-9-15/h5-11,13H,4,12,14H2,1-3H3/p+1. The van der Waals surface area contributed by atoms with E-state index < -0.39 is 0 Å². The van der Waals surface area contributed by atoms with Gasteiger partial charge in [0, 0.05) is 23.1 Å². The van der Waals surface area contributed by atoms with Gasteiger partial charge in [0.25, 0.3) is 0 Å². The number of aromatic hydroxyl groups is 1. The van der Waals surface area contributed by atoms with Gasteiger partial charge < -0.3 is 5.11 Å². The summed E-state index contributed by atoms with van der Waals surface area (Å²) in [5.74, 6) is 0.318. The summed E-state index contributed by atoms with van der Waals surface area (Å²) in [6.45, 7) is 7.68. The van der Waals surface area contributed by atoms with Crippen LogP contribution in [0.3, 0.4) is 0 Å². The summed E-state index contributed by atoms with van der Waals surface area (Å²) in [5, 5.41) is 9.37. The van der Waals surface area contributed by atoms with E-state index in [1.807, 2.05) is 12.1 Å². The minimum Gasteiger partial charge on any atom is -0.508 e. The number of hydrogen-bond acceptors (Lipinski definition) is 1. The summed E-state index contributed by atoms with van der Waals surface area (Å²) in [5.41, 5.74) is 2.73. The van der Waals surface area contributed by atoms with Gasteiger partial charge in [-0.05, 0) is 44.5 Å². The van der Waals surface area contributed by atoms with E-state index in [-0.39, 0.29) is 5.41 Å². The van der Waals surface area contributed by atoms with Crippen LogP contribution >= 0.6 is 0 Å². The van der Waals surface area contributed by atoms with Crippen molar-refractivity contribution in [2.45, 2.75) is 45.6 Å². The van der Waals surface area contributed by atoms with Crippen LogP contribution in [-0.4, -0.2) is 5.11 Å². The largest absolute Gasteiger partial charge is 0.508 e. The van der Waals surface area contributed by atoms with Crippen molar-refractivity contribution in [3.63, 3.8) is 0 Å². The van der Waals surface area contributed by atoms with Crippen LogP contribution < -0.4 is 4.57 Å². The maximum Gasteiger partial charge on any atom is 0.187 e. The fourth-order valence-corrected chi connectivity index (χ4v) is 2.78. The Bertz CT molecular complexity index is 558. The first-order valence-corrected chi connectivity index (χ1v) is 7.30. The van der Waals surface area contributed by atoms with Gasteiger partial charge in [-0.2, -0.15) is 4.57 Å². The van der Waals surface area contributed by atoms with Crippen molar-refractivity contribution in [3.8, 4) is 5.75 Å². The number of hydrogen-bond donors (Lipinski definition) is 1. The van der Waals surface area contributed by atoms with Crippen LogP contribution in [0.15, 0.2) is 48.7 Å². The van der Waals surface area contributed by atoms with E-state index >= 15 is 0 Å². The van der Waals surface area contributed by atoms with Crippen molar-refractivity contribution in [2.24, 2.45) is 0 Å². The average molecular weight is 270 g/mol. The molecule has 0 unspecified atom stereocenters. The number of rotatable bonds is 5. The minimum absolute atomic E-state index is 0.174. The second-order valence-electron chi connectivity index (χ2n) is 6.01. The van der Waals surface area contributed by atoms with E-state index in [1.54, 1.807) is 12.1 Å². The van der Waals surface area contributed by atoms with E-state index in [9.17, 15) is 5.11 Å². The van der Waals surface area contributed by atoms with Crippen molar-refractivity contribution in [1.82, 2.24) is 0 Å². The van der Waals surface area contributed by atoms with Crippen LogP contribution in [0.2, 0.25) is 0 Å². The Morgan fingerprint density at radius 2 is 1.75 bits per heavy atom. The highest BCUT2D eigenvalue weighted by atomic mass is 16.3. The molecule has 0 amide bonds. The van der Waals surface area contributed by atoms with Crippen LogP contribution in [0.4, 0.5) is 0 Å². The lowest BCUT2D eigenvalue weighted by atomic mass is 9.83. The van der Waals surface area contributed by atoms with Crippen LogP contribution in [0, 0.1) is 0 Å². The monoisotopic (exact) mass is 270 g/mol. The Balaban J connectivity index is 2.30. The number of pyridine rings is 1.